The van der Waals surface area contributed by atoms with Gasteiger partial charge in [0.25, 0.3) is 5.56 Å². The molecule has 3 heterocycles. The summed E-state index contributed by atoms with van der Waals surface area (Å²) in [7, 11) is -0.901. The van der Waals surface area contributed by atoms with Crippen LogP contribution in [0.15, 0.2) is 41.5 Å². The molecule has 2 N–H and O–H groups in total. The van der Waals surface area contributed by atoms with E-state index in [2.05, 4.69) is 9.71 Å². The number of fused-ring (bicyclic) bond motifs is 1. The van der Waals surface area contributed by atoms with Gasteiger partial charge in [-0.1, -0.05) is 6.07 Å². The number of nitrogens with one attached hydrogen (secondary N) is 2. The van der Waals surface area contributed by atoms with Gasteiger partial charge in [0.05, 0.1) is 13.2 Å². The van der Waals surface area contributed by atoms with Gasteiger partial charge in [-0.2, -0.15) is 0 Å². The zero-order valence-electron chi connectivity index (χ0n) is 16.0. The topological polar surface area (TPSA) is 102 Å². The number of thiol groups is 1. The number of H-pyrrole nitrogens is 1. The maximum Gasteiger partial charge on any atom is 0.274 e. The molecule has 0 spiro atoms. The molecule has 4 rings (SSSR count). The summed E-state index contributed by atoms with van der Waals surface area (Å²) in [4.78, 5) is 15.4. The molecule has 154 valence electrons. The van der Waals surface area contributed by atoms with Crippen molar-refractivity contribution in [2.45, 2.75) is 18.9 Å². The van der Waals surface area contributed by atoms with E-state index in [0.717, 1.165) is 28.5 Å². The highest BCUT2D eigenvalue weighted by molar-refractivity contribution is 7.70. The number of benzene rings is 1. The third-order valence-corrected chi connectivity index (χ3v) is 5.55. The number of aromatic amines is 1. The van der Waals surface area contributed by atoms with Gasteiger partial charge in [0.1, 0.15) is 17.4 Å². The van der Waals surface area contributed by atoms with E-state index in [-0.39, 0.29) is 11.7 Å². The molecule has 0 radical (unpaired) electrons. The van der Waals surface area contributed by atoms with Crippen LogP contribution in [0.2, 0.25) is 0 Å². The van der Waals surface area contributed by atoms with Crippen LogP contribution >= 0.6 is 0 Å². The molecule has 0 amide bonds. The Morgan fingerprint density at radius 3 is 2.93 bits per heavy atom. The van der Waals surface area contributed by atoms with Crippen molar-refractivity contribution in [1.82, 2.24) is 14.3 Å². The average Bonchev–Trinajstić information content (AvgIpc) is 3.37. The fraction of sp³-hybridized carbons (Fsp3) is 0.350. The van der Waals surface area contributed by atoms with E-state index in [9.17, 15) is 13.2 Å². The Hall–Kier alpha value is -2.62. The van der Waals surface area contributed by atoms with Crippen molar-refractivity contribution < 1.29 is 17.9 Å². The lowest BCUT2D eigenvalue weighted by atomic mass is 9.99. The van der Waals surface area contributed by atoms with Gasteiger partial charge in [-0.25, -0.2) is 13.1 Å². The fourth-order valence-corrected chi connectivity index (χ4v) is 3.90. The second-order valence-corrected chi connectivity index (χ2v) is 7.90. The predicted octanol–water partition coefficient (Wildman–Crippen LogP) is 1.36. The highest BCUT2D eigenvalue weighted by Crippen LogP contribution is 2.36. The quantitative estimate of drug-likeness (QED) is 0.504. The minimum atomic E-state index is -2.62. The monoisotopic (exact) mass is 417 g/mol. The standard InChI is InChI=1S/C20H23N3O5S/c1-23-11-17(15-5-7-21-19(15)20(23)24)16-10-13(4-8-22-29(25)26)2-3-18(16)28-14-6-9-27-12-14/h2-3,5,7,10-11,14,21,29H,4,6,8-9,12H2,1H3,(H,22,25,26). The van der Waals surface area contributed by atoms with Gasteiger partial charge >= 0.3 is 0 Å². The Morgan fingerprint density at radius 2 is 2.17 bits per heavy atom. The number of hydrogen-bond donors (Lipinski definition) is 3. The molecule has 29 heavy (non-hydrogen) atoms. The Bertz CT molecular complexity index is 1150. The van der Waals surface area contributed by atoms with Crippen molar-refractivity contribution in [2.24, 2.45) is 7.05 Å². The van der Waals surface area contributed by atoms with Crippen LogP contribution in [0.3, 0.4) is 0 Å². The molecule has 0 aliphatic carbocycles. The maximum absolute atomic E-state index is 12.4. The van der Waals surface area contributed by atoms with E-state index < -0.39 is 10.9 Å². The number of hydrogen-bond acceptors (Lipinski definition) is 5. The molecule has 1 aliphatic heterocycles. The third-order valence-electron chi connectivity index (χ3n) is 5.06. The van der Waals surface area contributed by atoms with Gasteiger partial charge < -0.3 is 19.0 Å². The normalized spacial score (nSPS) is 16.7. The molecule has 1 unspecified atom stereocenters. The molecule has 9 heteroatoms. The van der Waals surface area contributed by atoms with Crippen LogP contribution in [0.1, 0.15) is 12.0 Å². The summed E-state index contributed by atoms with van der Waals surface area (Å²) in [6, 6.07) is 7.72. The second kappa shape index (κ2) is 8.40. The smallest absolute Gasteiger partial charge is 0.274 e. The van der Waals surface area contributed by atoms with Crippen molar-refractivity contribution in [3.8, 4) is 16.9 Å². The van der Waals surface area contributed by atoms with Crippen molar-refractivity contribution >= 4 is 21.8 Å². The second-order valence-electron chi connectivity index (χ2n) is 7.07. The predicted molar refractivity (Wildman–Crippen MR) is 111 cm³/mol. The van der Waals surface area contributed by atoms with E-state index in [1.54, 1.807) is 17.8 Å². The Labute approximate surface area is 169 Å². The summed E-state index contributed by atoms with van der Waals surface area (Å²) >= 11 is 0. The maximum atomic E-state index is 12.4. The van der Waals surface area contributed by atoms with Crippen molar-refractivity contribution in [1.29, 1.82) is 0 Å². The summed E-state index contributed by atoms with van der Waals surface area (Å²) in [5.74, 6) is 0.716. The van der Waals surface area contributed by atoms with Crippen LogP contribution in [0.4, 0.5) is 0 Å². The number of ether oxygens (including phenoxy) is 2. The van der Waals surface area contributed by atoms with Crippen LogP contribution in [0, 0.1) is 0 Å². The molecule has 0 saturated carbocycles. The van der Waals surface area contributed by atoms with Gasteiger partial charge in [-0.05, 0) is 30.2 Å². The first-order chi connectivity index (χ1) is 14.0. The Balaban J connectivity index is 1.79. The lowest BCUT2D eigenvalue weighted by Crippen LogP contribution is -2.18. The number of pyridine rings is 1. The molecule has 0 bridgehead atoms. The first-order valence-corrected chi connectivity index (χ1v) is 10.6. The highest BCUT2D eigenvalue weighted by atomic mass is 32.2. The van der Waals surface area contributed by atoms with E-state index in [0.29, 0.717) is 37.4 Å². The van der Waals surface area contributed by atoms with Crippen molar-refractivity contribution in [2.75, 3.05) is 19.8 Å². The molecule has 1 atom stereocenters. The number of aryl methyl sites for hydroxylation is 1. The molecule has 2 aromatic heterocycles. The van der Waals surface area contributed by atoms with Gasteiger partial charge in [0.15, 0.2) is 0 Å². The summed E-state index contributed by atoms with van der Waals surface area (Å²) in [5.41, 5.74) is 3.15. The summed E-state index contributed by atoms with van der Waals surface area (Å²) in [6.07, 6.45) is 4.92. The van der Waals surface area contributed by atoms with Crippen LogP contribution < -0.4 is 15.0 Å². The molecule has 1 saturated heterocycles. The van der Waals surface area contributed by atoms with Gasteiger partial charge in [-0.15, -0.1) is 0 Å². The third kappa shape index (κ3) is 4.21. The largest absolute Gasteiger partial charge is 0.487 e. The van der Waals surface area contributed by atoms with E-state index in [4.69, 9.17) is 9.47 Å². The first kappa shape index (κ1) is 19.7. The number of aromatic nitrogens is 2. The highest BCUT2D eigenvalue weighted by Gasteiger charge is 2.21. The number of rotatable bonds is 7. The molecule has 8 nitrogen and oxygen atoms in total. The Kier molecular flexibility index (Phi) is 5.70. The minimum Gasteiger partial charge on any atom is -0.487 e. The SMILES string of the molecule is Cn1cc(-c2cc(CCN[SH](=O)=O)ccc2OC2CCOC2)c2cc[nH]c2c1=O. The minimum absolute atomic E-state index is 0.0139. The van der Waals surface area contributed by atoms with Crippen LogP contribution in [0.25, 0.3) is 22.0 Å². The fourth-order valence-electron chi connectivity index (χ4n) is 3.61. The zero-order valence-corrected chi connectivity index (χ0v) is 16.9. The van der Waals surface area contributed by atoms with Crippen LogP contribution in [0.5, 0.6) is 5.75 Å². The van der Waals surface area contributed by atoms with E-state index >= 15 is 0 Å². The van der Waals surface area contributed by atoms with Crippen LogP contribution in [-0.2, 0) is 29.1 Å². The van der Waals surface area contributed by atoms with Gasteiger partial charge in [0.2, 0.25) is 10.9 Å². The average molecular weight is 417 g/mol. The molecule has 1 aromatic carbocycles. The summed E-state index contributed by atoms with van der Waals surface area (Å²) in [5, 5.41) is 0.818. The van der Waals surface area contributed by atoms with Crippen molar-refractivity contribution in [3.63, 3.8) is 0 Å². The molecule has 1 fully saturated rings. The van der Waals surface area contributed by atoms with E-state index in [1.165, 1.54) is 0 Å². The lowest BCUT2D eigenvalue weighted by Gasteiger charge is -2.18. The van der Waals surface area contributed by atoms with Crippen LogP contribution in [-0.4, -0.2) is 43.8 Å². The zero-order chi connectivity index (χ0) is 20.4. The molecular formula is C20H23N3O5S. The Morgan fingerprint density at radius 1 is 1.31 bits per heavy atom. The molecule has 1 aliphatic rings. The summed E-state index contributed by atoms with van der Waals surface area (Å²) < 4.78 is 37.2. The molecular weight excluding hydrogens is 394 g/mol. The first-order valence-electron chi connectivity index (χ1n) is 9.45. The van der Waals surface area contributed by atoms with Crippen molar-refractivity contribution in [3.05, 3.63) is 52.6 Å². The number of nitrogens with zero attached hydrogens (tertiary/aromatic N) is 1. The van der Waals surface area contributed by atoms with E-state index in [1.807, 2.05) is 30.5 Å². The molecule has 3 aromatic rings. The summed E-state index contributed by atoms with van der Waals surface area (Å²) in [6.45, 7) is 1.55. The lowest BCUT2D eigenvalue weighted by molar-refractivity contribution is 0.141. The van der Waals surface area contributed by atoms with Gasteiger partial charge in [0, 0.05) is 48.9 Å². The van der Waals surface area contributed by atoms with Gasteiger partial charge in [-0.3, -0.25) is 4.79 Å².